The Labute approximate surface area is 254 Å². The van der Waals surface area contributed by atoms with Crippen molar-refractivity contribution in [1.29, 1.82) is 0 Å². The highest BCUT2D eigenvalue weighted by molar-refractivity contribution is 6.00. The van der Waals surface area contributed by atoms with E-state index in [0.29, 0.717) is 30.7 Å². The molecule has 1 saturated heterocycles. The Morgan fingerprint density at radius 2 is 1.80 bits per heavy atom. The van der Waals surface area contributed by atoms with Gasteiger partial charge in [0.25, 0.3) is 5.91 Å². The van der Waals surface area contributed by atoms with Crippen molar-refractivity contribution in [3.8, 4) is 0 Å². The highest BCUT2D eigenvalue weighted by Crippen LogP contribution is 2.38. The number of nitrogens with one attached hydrogen (secondary N) is 2. The fraction of sp³-hybridized carbons (Fsp3) is 0.667. The van der Waals surface area contributed by atoms with Crippen LogP contribution >= 0.6 is 0 Å². The van der Waals surface area contributed by atoms with Crippen molar-refractivity contribution < 1.29 is 36.3 Å². The molecule has 0 bridgehead atoms. The van der Waals surface area contributed by atoms with Crippen molar-refractivity contribution in [1.82, 2.24) is 45.1 Å². The molecule has 1 unspecified atom stereocenters. The molecule has 246 valence electrons. The first-order valence-electron chi connectivity index (χ1n) is 14.8. The van der Waals surface area contributed by atoms with Crippen LogP contribution in [-0.4, -0.2) is 82.9 Å². The third-order valence-electron chi connectivity index (χ3n) is 8.21. The van der Waals surface area contributed by atoms with E-state index in [-0.39, 0.29) is 42.0 Å². The quantitative estimate of drug-likeness (QED) is 0.318. The predicted octanol–water partition coefficient (Wildman–Crippen LogP) is 3.79. The maximum absolute atomic E-state index is 14.0. The lowest BCUT2D eigenvalue weighted by molar-refractivity contribution is -0.143. The zero-order chi connectivity index (χ0) is 32.4. The lowest BCUT2D eigenvalue weighted by atomic mass is 9.81. The van der Waals surface area contributed by atoms with Crippen molar-refractivity contribution in [3.63, 3.8) is 0 Å². The van der Waals surface area contributed by atoms with E-state index in [1.54, 1.807) is 0 Å². The van der Waals surface area contributed by atoms with Crippen molar-refractivity contribution in [3.05, 3.63) is 36.2 Å². The topological polar surface area (TPSA) is 147 Å². The summed E-state index contributed by atoms with van der Waals surface area (Å²) >= 11 is 0. The van der Waals surface area contributed by atoms with E-state index in [0.717, 1.165) is 0 Å². The summed E-state index contributed by atoms with van der Waals surface area (Å²) in [5.41, 5.74) is 0.409. The summed E-state index contributed by atoms with van der Waals surface area (Å²) < 4.78 is 76.8. The number of nitrogens with zero attached hydrogens (tertiary/aromatic N) is 8. The lowest BCUT2D eigenvalue weighted by Crippen LogP contribution is -2.50. The summed E-state index contributed by atoms with van der Waals surface area (Å²) in [6.45, 7) is 3.07. The van der Waals surface area contributed by atoms with Crippen LogP contribution < -0.4 is 10.6 Å². The molecule has 2 fully saturated rings. The van der Waals surface area contributed by atoms with Crippen LogP contribution in [-0.2, 0) is 16.1 Å². The zero-order valence-corrected chi connectivity index (χ0v) is 24.8. The minimum absolute atomic E-state index is 0.0156. The first kappa shape index (κ1) is 32.4. The number of aromatic nitrogens is 8. The van der Waals surface area contributed by atoms with Crippen LogP contribution in [0.4, 0.5) is 27.6 Å². The highest BCUT2D eigenvalue weighted by atomic mass is 19.4. The number of carbonyl (C=O) groups excluding carboxylic acids is 2. The van der Waals surface area contributed by atoms with Crippen LogP contribution in [0.3, 0.4) is 0 Å². The molecule has 2 aliphatic rings. The first-order valence-corrected chi connectivity index (χ1v) is 14.8. The highest BCUT2D eigenvalue weighted by Gasteiger charge is 2.41. The predicted molar refractivity (Wildman–Crippen MR) is 147 cm³/mol. The number of tetrazole rings is 1. The van der Waals surface area contributed by atoms with Crippen molar-refractivity contribution in [2.24, 2.45) is 11.8 Å². The summed E-state index contributed by atoms with van der Waals surface area (Å²) in [6, 6.07) is -0.596. The van der Waals surface area contributed by atoms with Crippen LogP contribution in [0.15, 0.2) is 24.7 Å². The summed E-state index contributed by atoms with van der Waals surface area (Å²) in [4.78, 5) is 26.9. The average molecular weight is 643 g/mol. The summed E-state index contributed by atoms with van der Waals surface area (Å²) in [5, 5.41) is 24.8. The molecule has 2 N–H and O–H groups in total. The summed E-state index contributed by atoms with van der Waals surface area (Å²) in [7, 11) is 0. The number of anilines is 1. The van der Waals surface area contributed by atoms with Gasteiger partial charge in [0.1, 0.15) is 24.3 Å². The number of hydrogen-bond donors (Lipinski definition) is 2. The standard InChI is InChI=1S/C27H35F5N10O3/c1-16(2)42-20(5-10-33-42)24(43)36-21(17-3-8-26(28,29)9-4-17)25(44)35-19-13-34-40(14-19)22(18-6-11-45-12-7-18)23-37-38-39-41(23)15-27(30,31)32/h5,10,13-14,16-18,21-22H,3-4,6-9,11-12,15H2,1-2H3,(H,35,44)(H,36,43)/t21-,22?/m0/s1. The van der Waals surface area contributed by atoms with E-state index in [9.17, 15) is 31.5 Å². The number of hydrogen-bond acceptors (Lipinski definition) is 8. The number of halogens is 5. The smallest absolute Gasteiger partial charge is 0.381 e. The molecular formula is C27H35F5N10O3. The Bertz CT molecular complexity index is 1450. The van der Waals surface area contributed by atoms with E-state index in [1.165, 1.54) is 34.0 Å². The molecule has 0 aromatic carbocycles. The molecule has 2 atom stereocenters. The third-order valence-corrected chi connectivity index (χ3v) is 8.21. The first-order chi connectivity index (χ1) is 21.3. The van der Waals surface area contributed by atoms with Gasteiger partial charge in [-0.1, -0.05) is 0 Å². The fourth-order valence-electron chi connectivity index (χ4n) is 5.97. The van der Waals surface area contributed by atoms with Crippen LogP contribution in [0, 0.1) is 11.8 Å². The molecule has 0 radical (unpaired) electrons. The van der Waals surface area contributed by atoms with Gasteiger partial charge in [0.2, 0.25) is 11.8 Å². The van der Waals surface area contributed by atoms with Gasteiger partial charge in [0.15, 0.2) is 5.82 Å². The second-order valence-electron chi connectivity index (χ2n) is 11.8. The van der Waals surface area contributed by atoms with Crippen molar-refractivity contribution in [2.75, 3.05) is 18.5 Å². The van der Waals surface area contributed by atoms with Crippen molar-refractivity contribution in [2.45, 2.75) is 89.1 Å². The zero-order valence-electron chi connectivity index (χ0n) is 24.8. The molecule has 2 amide bonds. The number of carbonyl (C=O) groups is 2. The van der Waals surface area contributed by atoms with Crippen LogP contribution in [0.25, 0.3) is 0 Å². The van der Waals surface area contributed by atoms with Gasteiger partial charge in [-0.3, -0.25) is 19.0 Å². The molecule has 4 heterocycles. The second-order valence-corrected chi connectivity index (χ2v) is 11.8. The molecule has 45 heavy (non-hydrogen) atoms. The Morgan fingerprint density at radius 3 is 2.47 bits per heavy atom. The van der Waals surface area contributed by atoms with Crippen LogP contribution in [0.2, 0.25) is 0 Å². The number of alkyl halides is 5. The molecule has 5 rings (SSSR count). The maximum Gasteiger partial charge on any atom is 0.408 e. The maximum atomic E-state index is 14.0. The molecule has 3 aromatic rings. The number of rotatable bonds is 10. The second kappa shape index (κ2) is 13.2. The molecule has 18 heteroatoms. The van der Waals surface area contributed by atoms with E-state index >= 15 is 0 Å². The van der Waals surface area contributed by atoms with Crippen molar-refractivity contribution >= 4 is 17.5 Å². The molecule has 0 spiro atoms. The van der Waals surface area contributed by atoms with Gasteiger partial charge in [0, 0.05) is 44.5 Å². The Kier molecular flexibility index (Phi) is 9.50. The van der Waals surface area contributed by atoms with Gasteiger partial charge in [-0.2, -0.15) is 23.4 Å². The molecule has 13 nitrogen and oxygen atoms in total. The SMILES string of the molecule is CC(C)n1nccc1C(=O)N[C@H](C(=O)Nc1cnn(C(c2nnnn2CC(F)(F)F)C2CCOCC2)c1)C1CCC(F)(F)CC1. The average Bonchev–Trinajstić information content (AvgIpc) is 3.74. The normalized spacial score (nSPS) is 19.4. The number of ether oxygens (including phenoxy) is 1. The molecule has 1 aliphatic heterocycles. The molecule has 1 aliphatic carbocycles. The molecule has 3 aromatic heterocycles. The van der Waals surface area contributed by atoms with E-state index < -0.39 is 61.3 Å². The number of amides is 2. The van der Waals surface area contributed by atoms with Gasteiger partial charge < -0.3 is 15.4 Å². The third kappa shape index (κ3) is 7.83. The van der Waals surface area contributed by atoms with Gasteiger partial charge in [0.05, 0.1) is 11.9 Å². The van der Waals surface area contributed by atoms with Crippen LogP contribution in [0.1, 0.15) is 80.8 Å². The summed E-state index contributed by atoms with van der Waals surface area (Å²) in [5.74, 6) is -4.90. The van der Waals surface area contributed by atoms with E-state index in [4.69, 9.17) is 4.74 Å². The monoisotopic (exact) mass is 642 g/mol. The van der Waals surface area contributed by atoms with Gasteiger partial charge in [-0.25, -0.2) is 13.5 Å². The Balaban J connectivity index is 1.39. The van der Waals surface area contributed by atoms with Gasteiger partial charge in [-0.15, -0.1) is 5.10 Å². The van der Waals surface area contributed by atoms with Gasteiger partial charge in [-0.05, 0) is 67.9 Å². The van der Waals surface area contributed by atoms with E-state index in [1.807, 2.05) is 13.8 Å². The lowest BCUT2D eigenvalue weighted by Gasteiger charge is -2.33. The van der Waals surface area contributed by atoms with E-state index in [2.05, 4.69) is 36.4 Å². The Morgan fingerprint density at radius 1 is 1.09 bits per heavy atom. The Hall–Kier alpha value is -3.96. The van der Waals surface area contributed by atoms with Crippen LogP contribution in [0.5, 0.6) is 0 Å². The molecule has 1 saturated carbocycles. The summed E-state index contributed by atoms with van der Waals surface area (Å²) in [6.07, 6.45) is -0.115. The minimum Gasteiger partial charge on any atom is -0.381 e. The fourth-order valence-corrected chi connectivity index (χ4v) is 5.97. The largest absolute Gasteiger partial charge is 0.408 e. The minimum atomic E-state index is -4.57. The molecular weight excluding hydrogens is 607 g/mol. The van der Waals surface area contributed by atoms with Gasteiger partial charge >= 0.3 is 6.18 Å².